The fraction of sp³-hybridized carbons (Fsp3) is 0.333. The van der Waals surface area contributed by atoms with Gasteiger partial charge in [-0.05, 0) is 30.9 Å². The van der Waals surface area contributed by atoms with E-state index in [-0.39, 0.29) is 11.1 Å². The van der Waals surface area contributed by atoms with Gasteiger partial charge in [0.15, 0.2) is 0 Å². The molecule has 0 spiro atoms. The van der Waals surface area contributed by atoms with Crippen LogP contribution < -0.4 is 5.56 Å². The van der Waals surface area contributed by atoms with Crippen LogP contribution in [0.5, 0.6) is 0 Å². The Labute approximate surface area is 69.7 Å². The number of aromatic amines is 1. The van der Waals surface area contributed by atoms with E-state index in [4.69, 9.17) is 5.26 Å². The number of hydrogen-bond acceptors (Lipinski definition) is 2. The number of nitrogens with one attached hydrogen (secondary N) is 1. The van der Waals surface area contributed by atoms with Gasteiger partial charge in [0.1, 0.15) is 11.6 Å². The Kier molecular flexibility index (Phi) is 1.47. The van der Waals surface area contributed by atoms with Crippen molar-refractivity contribution in [2.45, 2.75) is 19.3 Å². The number of aryl methyl sites for hydroxylation is 2. The number of nitriles is 1. The van der Waals surface area contributed by atoms with Gasteiger partial charge in [-0.15, -0.1) is 0 Å². The van der Waals surface area contributed by atoms with Gasteiger partial charge in [0.25, 0.3) is 5.56 Å². The van der Waals surface area contributed by atoms with Gasteiger partial charge in [-0.3, -0.25) is 4.79 Å². The summed E-state index contributed by atoms with van der Waals surface area (Å²) in [5.74, 6) is 0. The van der Waals surface area contributed by atoms with Crippen molar-refractivity contribution in [2.24, 2.45) is 0 Å². The Morgan fingerprint density at radius 1 is 1.50 bits per heavy atom. The molecule has 0 unspecified atom stereocenters. The van der Waals surface area contributed by atoms with Crippen LogP contribution >= 0.6 is 0 Å². The highest BCUT2D eigenvalue weighted by Gasteiger charge is 2.13. The van der Waals surface area contributed by atoms with Gasteiger partial charge >= 0.3 is 0 Å². The fourth-order valence-corrected chi connectivity index (χ4v) is 1.60. The summed E-state index contributed by atoms with van der Waals surface area (Å²) in [7, 11) is 0. The van der Waals surface area contributed by atoms with Gasteiger partial charge in [0.05, 0.1) is 0 Å². The third-order valence-corrected chi connectivity index (χ3v) is 2.21. The molecule has 2 rings (SSSR count). The minimum atomic E-state index is -0.252. The molecule has 1 heterocycles. The average molecular weight is 160 g/mol. The number of nitrogens with zero attached hydrogens (tertiary/aromatic N) is 1. The molecule has 0 amide bonds. The van der Waals surface area contributed by atoms with Gasteiger partial charge in [-0.25, -0.2) is 0 Å². The molecule has 0 atom stereocenters. The molecule has 1 aromatic rings. The van der Waals surface area contributed by atoms with Crippen molar-refractivity contribution in [1.82, 2.24) is 4.98 Å². The zero-order chi connectivity index (χ0) is 8.55. The molecule has 0 fully saturated rings. The van der Waals surface area contributed by atoms with Crippen LogP contribution in [0.25, 0.3) is 0 Å². The normalized spacial score (nSPS) is 13.9. The van der Waals surface area contributed by atoms with E-state index in [1.54, 1.807) is 6.07 Å². The Balaban J connectivity index is 2.67. The predicted octanol–water partition coefficient (Wildman–Crippen LogP) is 0.735. The van der Waals surface area contributed by atoms with Crippen LogP contribution in [0.4, 0.5) is 0 Å². The van der Waals surface area contributed by atoms with Crippen LogP contribution in [0.15, 0.2) is 10.9 Å². The summed E-state index contributed by atoms with van der Waals surface area (Å²) in [6.07, 6.45) is 3.01. The number of H-pyrrole nitrogens is 1. The third-order valence-electron chi connectivity index (χ3n) is 2.21. The first-order chi connectivity index (χ1) is 5.81. The predicted molar refractivity (Wildman–Crippen MR) is 43.8 cm³/mol. The van der Waals surface area contributed by atoms with Crippen LogP contribution in [0, 0.1) is 11.3 Å². The fourth-order valence-electron chi connectivity index (χ4n) is 1.60. The second kappa shape index (κ2) is 2.49. The van der Waals surface area contributed by atoms with Gasteiger partial charge in [0, 0.05) is 5.69 Å². The Hall–Kier alpha value is -1.56. The molecule has 0 bridgehead atoms. The highest BCUT2D eigenvalue weighted by atomic mass is 16.1. The molecule has 12 heavy (non-hydrogen) atoms. The van der Waals surface area contributed by atoms with Crippen molar-refractivity contribution in [3.05, 3.63) is 33.2 Å². The van der Waals surface area contributed by atoms with Crippen LogP contribution in [0.2, 0.25) is 0 Å². The Bertz CT molecular complexity index is 412. The lowest BCUT2D eigenvalue weighted by Gasteiger charge is -1.97. The molecule has 0 saturated heterocycles. The van der Waals surface area contributed by atoms with E-state index in [0.29, 0.717) is 0 Å². The van der Waals surface area contributed by atoms with Crippen molar-refractivity contribution in [2.75, 3.05) is 0 Å². The number of hydrogen-bond donors (Lipinski definition) is 1. The number of rotatable bonds is 0. The molecule has 0 radical (unpaired) electrons. The molecule has 60 valence electrons. The summed E-state index contributed by atoms with van der Waals surface area (Å²) in [6, 6.07) is 3.59. The van der Waals surface area contributed by atoms with E-state index in [1.807, 2.05) is 6.07 Å². The first-order valence-electron chi connectivity index (χ1n) is 3.96. The zero-order valence-electron chi connectivity index (χ0n) is 6.55. The first-order valence-corrected chi connectivity index (χ1v) is 3.96. The number of aromatic nitrogens is 1. The van der Waals surface area contributed by atoms with E-state index < -0.39 is 0 Å². The van der Waals surface area contributed by atoms with Crippen molar-refractivity contribution in [1.29, 1.82) is 5.26 Å². The van der Waals surface area contributed by atoms with Crippen molar-refractivity contribution >= 4 is 0 Å². The third kappa shape index (κ3) is 0.928. The minimum absolute atomic E-state index is 0.232. The first kappa shape index (κ1) is 7.11. The average Bonchev–Trinajstić information content (AvgIpc) is 2.49. The molecular formula is C9H8N2O. The summed E-state index contributed by atoms with van der Waals surface area (Å²) < 4.78 is 0. The van der Waals surface area contributed by atoms with E-state index in [1.165, 1.54) is 0 Å². The zero-order valence-corrected chi connectivity index (χ0v) is 6.55. The minimum Gasteiger partial charge on any atom is -0.325 e. The lowest BCUT2D eigenvalue weighted by atomic mass is 10.2. The smallest absolute Gasteiger partial charge is 0.266 e. The molecule has 1 N–H and O–H groups in total. The molecular weight excluding hydrogens is 152 g/mol. The summed E-state index contributed by atoms with van der Waals surface area (Å²) in [5.41, 5.74) is 2.12. The van der Waals surface area contributed by atoms with Gasteiger partial charge in [0.2, 0.25) is 0 Å². The maximum atomic E-state index is 11.1. The van der Waals surface area contributed by atoms with Crippen LogP contribution in [-0.2, 0) is 12.8 Å². The molecule has 0 aromatic carbocycles. The highest BCUT2D eigenvalue weighted by Crippen LogP contribution is 2.18. The Morgan fingerprint density at radius 3 is 3.08 bits per heavy atom. The topological polar surface area (TPSA) is 56.6 Å². The molecule has 1 aliphatic carbocycles. The summed E-state index contributed by atoms with van der Waals surface area (Å²) >= 11 is 0. The summed E-state index contributed by atoms with van der Waals surface area (Å²) in [6.45, 7) is 0. The second-order valence-electron chi connectivity index (χ2n) is 2.98. The molecule has 3 heteroatoms. The number of pyridine rings is 1. The SMILES string of the molecule is N#Cc1cc2c([nH]c1=O)CCC2. The lowest BCUT2D eigenvalue weighted by Crippen LogP contribution is -2.12. The maximum absolute atomic E-state index is 11.1. The molecule has 3 nitrogen and oxygen atoms in total. The summed E-state index contributed by atoms with van der Waals surface area (Å²) in [4.78, 5) is 13.9. The standard InChI is InChI=1S/C9H8N2O/c10-5-7-4-6-2-1-3-8(6)11-9(7)12/h4H,1-3H2,(H,11,12). The largest absolute Gasteiger partial charge is 0.325 e. The van der Waals surface area contributed by atoms with E-state index in [0.717, 1.165) is 30.5 Å². The number of fused-ring (bicyclic) bond motifs is 1. The maximum Gasteiger partial charge on any atom is 0.266 e. The van der Waals surface area contributed by atoms with Crippen molar-refractivity contribution in [3.8, 4) is 6.07 Å². The van der Waals surface area contributed by atoms with Crippen molar-refractivity contribution in [3.63, 3.8) is 0 Å². The summed E-state index contributed by atoms with van der Waals surface area (Å²) in [5, 5.41) is 8.58. The molecule has 0 saturated carbocycles. The quantitative estimate of drug-likeness (QED) is 0.608. The molecule has 1 aliphatic rings. The Morgan fingerprint density at radius 2 is 2.33 bits per heavy atom. The van der Waals surface area contributed by atoms with E-state index >= 15 is 0 Å². The van der Waals surface area contributed by atoms with Gasteiger partial charge < -0.3 is 4.98 Å². The van der Waals surface area contributed by atoms with Crippen LogP contribution in [-0.4, -0.2) is 4.98 Å². The monoisotopic (exact) mass is 160 g/mol. The second-order valence-corrected chi connectivity index (χ2v) is 2.98. The van der Waals surface area contributed by atoms with Crippen LogP contribution in [0.1, 0.15) is 23.2 Å². The van der Waals surface area contributed by atoms with Crippen LogP contribution in [0.3, 0.4) is 0 Å². The lowest BCUT2D eigenvalue weighted by molar-refractivity contribution is 0.897. The van der Waals surface area contributed by atoms with Crippen molar-refractivity contribution < 1.29 is 0 Å². The van der Waals surface area contributed by atoms with E-state index in [2.05, 4.69) is 4.98 Å². The molecule has 0 aliphatic heterocycles. The van der Waals surface area contributed by atoms with Gasteiger partial charge in [-0.1, -0.05) is 0 Å². The highest BCUT2D eigenvalue weighted by molar-refractivity contribution is 5.35. The van der Waals surface area contributed by atoms with Gasteiger partial charge in [-0.2, -0.15) is 5.26 Å². The molecule has 1 aromatic heterocycles. The van der Waals surface area contributed by atoms with E-state index in [9.17, 15) is 4.79 Å².